The van der Waals surface area contributed by atoms with Gasteiger partial charge >= 0.3 is 6.03 Å². The van der Waals surface area contributed by atoms with E-state index in [4.69, 9.17) is 0 Å². The van der Waals surface area contributed by atoms with Crippen LogP contribution in [0.2, 0.25) is 0 Å². The molecule has 0 aliphatic carbocycles. The molecule has 1 unspecified atom stereocenters. The molecular formula is C13H16N2O2. The molecule has 4 heteroatoms. The van der Waals surface area contributed by atoms with Gasteiger partial charge in [0, 0.05) is 6.54 Å². The largest absolute Gasteiger partial charge is 0.337 e. The molecule has 1 aliphatic heterocycles. The van der Waals surface area contributed by atoms with Gasteiger partial charge in [-0.2, -0.15) is 0 Å². The molecule has 1 atom stereocenters. The number of carbonyl (C=O) groups excluding carboxylic acids is 2. The Morgan fingerprint density at radius 3 is 2.65 bits per heavy atom. The summed E-state index contributed by atoms with van der Waals surface area (Å²) >= 11 is 0. The first kappa shape index (κ1) is 11.6. The number of nitrogens with one attached hydrogen (secondary N) is 1. The molecular weight excluding hydrogens is 216 g/mol. The lowest BCUT2D eigenvalue weighted by Gasteiger charge is -2.30. The van der Waals surface area contributed by atoms with Crippen LogP contribution < -0.4 is 5.32 Å². The first-order chi connectivity index (χ1) is 8.22. The third-order valence-electron chi connectivity index (χ3n) is 3.04. The summed E-state index contributed by atoms with van der Waals surface area (Å²) < 4.78 is 0. The molecule has 0 spiro atoms. The Balaban J connectivity index is 2.13. The van der Waals surface area contributed by atoms with Crippen molar-refractivity contribution in [2.24, 2.45) is 5.92 Å². The minimum absolute atomic E-state index is 0.0693. The fourth-order valence-corrected chi connectivity index (χ4v) is 1.95. The Hall–Kier alpha value is -1.84. The summed E-state index contributed by atoms with van der Waals surface area (Å²) in [5, 5.41) is 2.75. The van der Waals surface area contributed by atoms with Crippen LogP contribution in [0.4, 0.5) is 4.79 Å². The predicted molar refractivity (Wildman–Crippen MR) is 64.2 cm³/mol. The topological polar surface area (TPSA) is 49.4 Å². The van der Waals surface area contributed by atoms with Crippen LogP contribution in [0.3, 0.4) is 0 Å². The molecule has 2 rings (SSSR count). The van der Waals surface area contributed by atoms with Crippen LogP contribution in [0, 0.1) is 5.92 Å². The zero-order valence-corrected chi connectivity index (χ0v) is 9.85. The molecule has 17 heavy (non-hydrogen) atoms. The van der Waals surface area contributed by atoms with E-state index in [0.29, 0.717) is 13.1 Å². The average molecular weight is 232 g/mol. The summed E-state index contributed by atoms with van der Waals surface area (Å²) in [6.07, 6.45) is 0.754. The van der Waals surface area contributed by atoms with Gasteiger partial charge in [-0.15, -0.1) is 0 Å². The Morgan fingerprint density at radius 2 is 2.00 bits per heavy atom. The summed E-state index contributed by atoms with van der Waals surface area (Å²) in [7, 11) is 0. The van der Waals surface area contributed by atoms with Crippen molar-refractivity contribution in [3.63, 3.8) is 0 Å². The number of benzene rings is 1. The lowest BCUT2D eigenvalue weighted by molar-refractivity contribution is -0.134. The van der Waals surface area contributed by atoms with Crippen LogP contribution in [0.1, 0.15) is 18.9 Å². The molecule has 90 valence electrons. The SMILES string of the molecule is CCC1CNC(=O)N(Cc2ccccc2)C1=O. The first-order valence-corrected chi connectivity index (χ1v) is 5.85. The average Bonchev–Trinajstić information content (AvgIpc) is 2.36. The van der Waals surface area contributed by atoms with Gasteiger partial charge in [0.15, 0.2) is 0 Å². The first-order valence-electron chi connectivity index (χ1n) is 5.85. The zero-order valence-electron chi connectivity index (χ0n) is 9.85. The second-order valence-corrected chi connectivity index (χ2v) is 4.20. The number of amides is 3. The molecule has 1 fully saturated rings. The Labute approximate surface area is 101 Å². The van der Waals surface area contributed by atoms with Crippen molar-refractivity contribution >= 4 is 11.9 Å². The normalized spacial score (nSPS) is 20.3. The van der Waals surface area contributed by atoms with Gasteiger partial charge in [0.05, 0.1) is 12.5 Å². The monoisotopic (exact) mass is 232 g/mol. The fraction of sp³-hybridized carbons (Fsp3) is 0.385. The highest BCUT2D eigenvalue weighted by Gasteiger charge is 2.32. The highest BCUT2D eigenvalue weighted by atomic mass is 16.2. The molecule has 4 nitrogen and oxygen atoms in total. The van der Waals surface area contributed by atoms with E-state index >= 15 is 0 Å². The van der Waals surface area contributed by atoms with Gasteiger partial charge in [0.1, 0.15) is 0 Å². The third-order valence-corrected chi connectivity index (χ3v) is 3.04. The van der Waals surface area contributed by atoms with Gasteiger partial charge in [-0.1, -0.05) is 37.3 Å². The van der Waals surface area contributed by atoms with Crippen molar-refractivity contribution in [1.29, 1.82) is 0 Å². The Kier molecular flexibility index (Phi) is 3.42. The minimum atomic E-state index is -0.288. The molecule has 1 saturated heterocycles. The summed E-state index contributed by atoms with van der Waals surface area (Å²) in [6.45, 7) is 2.77. The van der Waals surface area contributed by atoms with E-state index in [9.17, 15) is 9.59 Å². The van der Waals surface area contributed by atoms with Gasteiger partial charge in [0.2, 0.25) is 5.91 Å². The van der Waals surface area contributed by atoms with Crippen LogP contribution in [0.25, 0.3) is 0 Å². The van der Waals surface area contributed by atoms with E-state index in [0.717, 1.165) is 12.0 Å². The highest BCUT2D eigenvalue weighted by Crippen LogP contribution is 2.15. The van der Waals surface area contributed by atoms with Crippen molar-refractivity contribution in [2.75, 3.05) is 6.54 Å². The number of hydrogen-bond acceptors (Lipinski definition) is 2. The zero-order chi connectivity index (χ0) is 12.3. The van der Waals surface area contributed by atoms with Crippen molar-refractivity contribution < 1.29 is 9.59 Å². The van der Waals surface area contributed by atoms with Crippen molar-refractivity contribution in [1.82, 2.24) is 10.2 Å². The number of nitrogens with zero attached hydrogens (tertiary/aromatic N) is 1. The Morgan fingerprint density at radius 1 is 1.29 bits per heavy atom. The van der Waals surface area contributed by atoms with Crippen molar-refractivity contribution in [3.8, 4) is 0 Å². The number of carbonyl (C=O) groups is 2. The number of hydrogen-bond donors (Lipinski definition) is 1. The number of rotatable bonds is 3. The Bertz CT molecular complexity index is 417. The quantitative estimate of drug-likeness (QED) is 0.863. The summed E-state index contributed by atoms with van der Waals surface area (Å²) in [5.74, 6) is -0.156. The van der Waals surface area contributed by atoms with Crippen LogP contribution in [-0.2, 0) is 11.3 Å². The molecule has 3 amide bonds. The molecule has 1 N–H and O–H groups in total. The van der Waals surface area contributed by atoms with E-state index < -0.39 is 0 Å². The molecule has 1 heterocycles. The summed E-state index contributed by atoms with van der Waals surface area (Å²) in [6, 6.07) is 9.25. The van der Waals surface area contributed by atoms with Crippen LogP contribution >= 0.6 is 0 Å². The summed E-state index contributed by atoms with van der Waals surface area (Å²) in [5.41, 5.74) is 0.966. The fourth-order valence-electron chi connectivity index (χ4n) is 1.95. The standard InChI is InChI=1S/C13H16N2O2/c1-2-11-8-14-13(17)15(12(11)16)9-10-6-4-3-5-7-10/h3-7,11H,2,8-9H2,1H3,(H,14,17). The lowest BCUT2D eigenvalue weighted by Crippen LogP contribution is -2.54. The van der Waals surface area contributed by atoms with Gasteiger partial charge in [0.25, 0.3) is 0 Å². The van der Waals surface area contributed by atoms with Crippen molar-refractivity contribution in [3.05, 3.63) is 35.9 Å². The van der Waals surface area contributed by atoms with E-state index in [1.807, 2.05) is 37.3 Å². The van der Waals surface area contributed by atoms with Gasteiger partial charge < -0.3 is 5.32 Å². The molecule has 1 aliphatic rings. The maximum Gasteiger partial charge on any atom is 0.324 e. The minimum Gasteiger partial charge on any atom is -0.337 e. The maximum absolute atomic E-state index is 12.0. The molecule has 0 bridgehead atoms. The third kappa shape index (κ3) is 2.46. The predicted octanol–water partition coefficient (Wildman–Crippen LogP) is 1.76. The van der Waals surface area contributed by atoms with E-state index in [1.165, 1.54) is 4.90 Å². The van der Waals surface area contributed by atoms with E-state index in [2.05, 4.69) is 5.32 Å². The molecule has 0 radical (unpaired) electrons. The number of urea groups is 1. The molecule has 0 aromatic heterocycles. The van der Waals surface area contributed by atoms with Gasteiger partial charge in [-0.25, -0.2) is 4.79 Å². The summed E-state index contributed by atoms with van der Waals surface area (Å²) in [4.78, 5) is 25.0. The van der Waals surface area contributed by atoms with Crippen LogP contribution in [0.5, 0.6) is 0 Å². The molecule has 0 saturated carbocycles. The molecule has 1 aromatic rings. The van der Waals surface area contributed by atoms with Crippen LogP contribution in [-0.4, -0.2) is 23.4 Å². The van der Waals surface area contributed by atoms with E-state index in [1.54, 1.807) is 0 Å². The smallest absolute Gasteiger partial charge is 0.324 e. The maximum atomic E-state index is 12.0. The second kappa shape index (κ2) is 4.99. The van der Waals surface area contributed by atoms with E-state index in [-0.39, 0.29) is 17.9 Å². The lowest BCUT2D eigenvalue weighted by atomic mass is 10.0. The van der Waals surface area contributed by atoms with Gasteiger partial charge in [-0.05, 0) is 12.0 Å². The second-order valence-electron chi connectivity index (χ2n) is 4.20. The van der Waals surface area contributed by atoms with Crippen LogP contribution in [0.15, 0.2) is 30.3 Å². The molecule has 1 aromatic carbocycles. The highest BCUT2D eigenvalue weighted by molar-refractivity contribution is 5.97. The van der Waals surface area contributed by atoms with Gasteiger partial charge in [-0.3, -0.25) is 9.69 Å². The van der Waals surface area contributed by atoms with Crippen molar-refractivity contribution in [2.45, 2.75) is 19.9 Å². The number of imide groups is 1.